The molecule has 1 N–H and O–H groups in total. The smallest absolute Gasteiger partial charge is 0.338 e. The van der Waals surface area contributed by atoms with Crippen LogP contribution in [0.25, 0.3) is 22.3 Å². The average Bonchev–Trinajstić information content (AvgIpc) is 2.87. The van der Waals surface area contributed by atoms with Crippen LogP contribution < -0.4 is 0 Å². The third kappa shape index (κ3) is 1.74. The standard InChI is InChI=1S/C13H8N2O2S/c16-13(17)9-7-18-15-12(9)11-6-5-8-3-1-2-4-10(8)14-11/h1-7H,(H,16,17). The van der Waals surface area contributed by atoms with Crippen LogP contribution in [0.5, 0.6) is 0 Å². The van der Waals surface area contributed by atoms with Crippen molar-refractivity contribution in [2.75, 3.05) is 0 Å². The van der Waals surface area contributed by atoms with Crippen LogP contribution >= 0.6 is 11.5 Å². The second kappa shape index (κ2) is 4.19. The number of aromatic carboxylic acids is 1. The van der Waals surface area contributed by atoms with Crippen molar-refractivity contribution >= 4 is 28.4 Å². The van der Waals surface area contributed by atoms with E-state index >= 15 is 0 Å². The average molecular weight is 256 g/mol. The number of carboxylic acid groups (broad SMARTS) is 1. The second-order valence-electron chi connectivity index (χ2n) is 3.77. The topological polar surface area (TPSA) is 63.1 Å². The highest BCUT2D eigenvalue weighted by Gasteiger charge is 2.15. The summed E-state index contributed by atoms with van der Waals surface area (Å²) in [6, 6.07) is 11.4. The largest absolute Gasteiger partial charge is 0.478 e. The molecule has 0 saturated carbocycles. The fourth-order valence-electron chi connectivity index (χ4n) is 1.77. The van der Waals surface area contributed by atoms with Crippen molar-refractivity contribution in [1.29, 1.82) is 0 Å². The van der Waals surface area contributed by atoms with E-state index in [1.165, 1.54) is 5.38 Å². The molecule has 2 heterocycles. The van der Waals surface area contributed by atoms with Crippen LogP contribution in [0, 0.1) is 0 Å². The SMILES string of the molecule is O=C(O)c1csnc1-c1ccc2ccccc2n1. The maximum atomic E-state index is 11.1. The lowest BCUT2D eigenvalue weighted by Gasteiger charge is -2.01. The number of para-hydroxylation sites is 1. The molecule has 5 heteroatoms. The summed E-state index contributed by atoms with van der Waals surface area (Å²) in [7, 11) is 0. The van der Waals surface area contributed by atoms with Crippen LogP contribution in [0.3, 0.4) is 0 Å². The van der Waals surface area contributed by atoms with Gasteiger partial charge in [-0.1, -0.05) is 24.3 Å². The summed E-state index contributed by atoms with van der Waals surface area (Å²) in [5.41, 5.74) is 2.05. The van der Waals surface area contributed by atoms with Crippen molar-refractivity contribution in [3.8, 4) is 11.4 Å². The molecule has 0 atom stereocenters. The van der Waals surface area contributed by atoms with Crippen LogP contribution in [0.2, 0.25) is 0 Å². The molecule has 3 aromatic rings. The van der Waals surface area contributed by atoms with E-state index in [9.17, 15) is 4.79 Å². The number of rotatable bonds is 2. The number of hydrogen-bond acceptors (Lipinski definition) is 4. The third-order valence-corrected chi connectivity index (χ3v) is 3.27. The Morgan fingerprint density at radius 1 is 1.17 bits per heavy atom. The highest BCUT2D eigenvalue weighted by molar-refractivity contribution is 7.04. The van der Waals surface area contributed by atoms with E-state index in [4.69, 9.17) is 5.11 Å². The summed E-state index contributed by atoms with van der Waals surface area (Å²) in [6.45, 7) is 0. The second-order valence-corrected chi connectivity index (χ2v) is 4.40. The number of hydrogen-bond donors (Lipinski definition) is 1. The highest BCUT2D eigenvalue weighted by Crippen LogP contribution is 2.24. The number of fused-ring (bicyclic) bond motifs is 1. The van der Waals surface area contributed by atoms with E-state index < -0.39 is 5.97 Å². The first-order valence-electron chi connectivity index (χ1n) is 5.29. The van der Waals surface area contributed by atoms with Crippen molar-refractivity contribution in [3.63, 3.8) is 0 Å². The third-order valence-electron chi connectivity index (χ3n) is 2.64. The molecular weight excluding hydrogens is 248 g/mol. The van der Waals surface area contributed by atoms with Crippen LogP contribution in [0.15, 0.2) is 41.8 Å². The van der Waals surface area contributed by atoms with Crippen molar-refractivity contribution in [1.82, 2.24) is 9.36 Å². The minimum absolute atomic E-state index is 0.197. The van der Waals surface area contributed by atoms with Crippen molar-refractivity contribution in [2.45, 2.75) is 0 Å². The Kier molecular flexibility index (Phi) is 2.53. The van der Waals surface area contributed by atoms with Gasteiger partial charge in [-0.25, -0.2) is 9.78 Å². The van der Waals surface area contributed by atoms with Crippen LogP contribution in [-0.2, 0) is 0 Å². The van der Waals surface area contributed by atoms with Crippen molar-refractivity contribution in [2.24, 2.45) is 0 Å². The van der Waals surface area contributed by atoms with E-state index in [-0.39, 0.29) is 5.56 Å². The first-order chi connectivity index (χ1) is 8.75. The molecule has 0 radical (unpaired) electrons. The molecule has 3 rings (SSSR count). The summed E-state index contributed by atoms with van der Waals surface area (Å²) in [4.78, 5) is 15.5. The Labute approximate surface area is 107 Å². The molecule has 88 valence electrons. The first kappa shape index (κ1) is 10.9. The zero-order valence-electron chi connectivity index (χ0n) is 9.20. The van der Waals surface area contributed by atoms with Gasteiger partial charge < -0.3 is 5.11 Å². The van der Waals surface area contributed by atoms with E-state index in [1.807, 2.05) is 30.3 Å². The lowest BCUT2D eigenvalue weighted by molar-refractivity contribution is 0.0698. The first-order valence-corrected chi connectivity index (χ1v) is 6.13. The molecule has 0 amide bonds. The number of carbonyl (C=O) groups is 1. The molecular formula is C13H8N2O2S. The lowest BCUT2D eigenvalue weighted by atomic mass is 10.1. The number of carboxylic acids is 1. The summed E-state index contributed by atoms with van der Waals surface area (Å²) in [5, 5.41) is 11.6. The van der Waals surface area contributed by atoms with Crippen molar-refractivity contribution in [3.05, 3.63) is 47.3 Å². The number of nitrogens with zero attached hydrogens (tertiary/aromatic N) is 2. The quantitative estimate of drug-likeness (QED) is 0.765. The van der Waals surface area contributed by atoms with Crippen LogP contribution in [-0.4, -0.2) is 20.4 Å². The molecule has 0 bridgehead atoms. The molecule has 0 unspecified atom stereocenters. The van der Waals surface area contributed by atoms with Gasteiger partial charge in [-0.3, -0.25) is 0 Å². The summed E-state index contributed by atoms with van der Waals surface area (Å²) >= 11 is 1.12. The zero-order chi connectivity index (χ0) is 12.5. The number of aromatic nitrogens is 2. The predicted molar refractivity (Wildman–Crippen MR) is 69.8 cm³/mol. The Morgan fingerprint density at radius 2 is 2.00 bits per heavy atom. The molecule has 0 aliphatic heterocycles. The molecule has 0 fully saturated rings. The fourth-order valence-corrected chi connectivity index (χ4v) is 2.44. The molecule has 4 nitrogen and oxygen atoms in total. The minimum atomic E-state index is -0.978. The molecule has 0 aliphatic rings. The summed E-state index contributed by atoms with van der Waals surface area (Å²) in [5.74, 6) is -0.978. The summed E-state index contributed by atoms with van der Waals surface area (Å²) in [6.07, 6.45) is 0. The zero-order valence-corrected chi connectivity index (χ0v) is 10.0. The Morgan fingerprint density at radius 3 is 2.83 bits per heavy atom. The molecule has 1 aromatic carbocycles. The fraction of sp³-hybridized carbons (Fsp3) is 0. The Balaban J connectivity index is 2.19. The molecule has 2 aromatic heterocycles. The normalized spacial score (nSPS) is 10.7. The van der Waals surface area contributed by atoms with Gasteiger partial charge in [0.15, 0.2) is 0 Å². The predicted octanol–water partition coefficient (Wildman–Crippen LogP) is 3.06. The van der Waals surface area contributed by atoms with Gasteiger partial charge in [0, 0.05) is 10.8 Å². The van der Waals surface area contributed by atoms with Crippen LogP contribution in [0.4, 0.5) is 0 Å². The van der Waals surface area contributed by atoms with E-state index in [1.54, 1.807) is 6.07 Å². The minimum Gasteiger partial charge on any atom is -0.478 e. The number of pyridine rings is 1. The maximum Gasteiger partial charge on any atom is 0.338 e. The van der Waals surface area contributed by atoms with Gasteiger partial charge in [-0.05, 0) is 23.7 Å². The van der Waals surface area contributed by atoms with Gasteiger partial charge in [0.2, 0.25) is 0 Å². The number of benzene rings is 1. The van der Waals surface area contributed by atoms with Crippen molar-refractivity contribution < 1.29 is 9.90 Å². The van der Waals surface area contributed by atoms with Gasteiger partial charge in [0.05, 0.1) is 16.8 Å². The van der Waals surface area contributed by atoms with E-state index in [0.717, 1.165) is 22.4 Å². The Hall–Kier alpha value is -2.27. The maximum absolute atomic E-state index is 11.1. The van der Waals surface area contributed by atoms with Gasteiger partial charge in [-0.15, -0.1) is 0 Å². The van der Waals surface area contributed by atoms with Gasteiger partial charge in [-0.2, -0.15) is 4.37 Å². The van der Waals surface area contributed by atoms with Gasteiger partial charge in [0.1, 0.15) is 5.69 Å². The molecule has 0 aliphatic carbocycles. The van der Waals surface area contributed by atoms with E-state index in [0.29, 0.717) is 11.4 Å². The molecule has 18 heavy (non-hydrogen) atoms. The van der Waals surface area contributed by atoms with Gasteiger partial charge in [0.25, 0.3) is 0 Å². The molecule has 0 spiro atoms. The van der Waals surface area contributed by atoms with E-state index in [2.05, 4.69) is 9.36 Å². The lowest BCUT2D eigenvalue weighted by Crippen LogP contribution is -1.97. The van der Waals surface area contributed by atoms with Crippen LogP contribution in [0.1, 0.15) is 10.4 Å². The summed E-state index contributed by atoms with van der Waals surface area (Å²) < 4.78 is 4.11. The molecule has 0 saturated heterocycles. The monoisotopic (exact) mass is 256 g/mol. The van der Waals surface area contributed by atoms with Gasteiger partial charge >= 0.3 is 5.97 Å². The Bertz CT molecular complexity index is 736. The highest BCUT2D eigenvalue weighted by atomic mass is 32.1.